The van der Waals surface area contributed by atoms with Gasteiger partial charge in [-0.25, -0.2) is 0 Å². The van der Waals surface area contributed by atoms with Crippen LogP contribution in [0.1, 0.15) is 37.0 Å². The summed E-state index contributed by atoms with van der Waals surface area (Å²) in [6.07, 6.45) is 1.85. The lowest BCUT2D eigenvalue weighted by atomic mass is 9.82. The van der Waals surface area contributed by atoms with Gasteiger partial charge in [0.1, 0.15) is 0 Å². The number of carbonyl (C=O) groups excluding carboxylic acids is 1. The predicted molar refractivity (Wildman–Crippen MR) is 83.9 cm³/mol. The van der Waals surface area contributed by atoms with E-state index in [2.05, 4.69) is 19.2 Å². The van der Waals surface area contributed by atoms with Crippen molar-refractivity contribution in [3.63, 3.8) is 0 Å². The van der Waals surface area contributed by atoms with E-state index in [9.17, 15) is 4.79 Å². The summed E-state index contributed by atoms with van der Waals surface area (Å²) in [5, 5.41) is 2.96. The van der Waals surface area contributed by atoms with E-state index in [0.717, 1.165) is 12.8 Å². The van der Waals surface area contributed by atoms with E-state index in [-0.39, 0.29) is 11.3 Å². The van der Waals surface area contributed by atoms with Crippen LogP contribution in [0.4, 0.5) is 0 Å². The Kier molecular flexibility index (Phi) is 6.49. The summed E-state index contributed by atoms with van der Waals surface area (Å²) in [4.78, 5) is 12.4. The third-order valence-corrected chi connectivity index (χ3v) is 4.20. The highest BCUT2D eigenvalue weighted by Gasteiger charge is 2.26. The third kappa shape index (κ3) is 3.88. The van der Waals surface area contributed by atoms with Gasteiger partial charge >= 0.3 is 0 Å². The van der Waals surface area contributed by atoms with Gasteiger partial charge in [-0.05, 0) is 36.9 Å². The molecule has 5 heteroatoms. The summed E-state index contributed by atoms with van der Waals surface area (Å²) < 4.78 is 10.5. The van der Waals surface area contributed by atoms with E-state index < -0.39 is 0 Å². The van der Waals surface area contributed by atoms with Crippen LogP contribution in [0.3, 0.4) is 0 Å². The fourth-order valence-electron chi connectivity index (χ4n) is 2.29. The quantitative estimate of drug-likeness (QED) is 0.771. The number of amides is 1. The van der Waals surface area contributed by atoms with Crippen molar-refractivity contribution < 1.29 is 14.3 Å². The number of hydrogen-bond donors (Lipinski definition) is 2. The Morgan fingerprint density at radius 3 is 2.38 bits per heavy atom. The molecule has 0 fully saturated rings. The zero-order valence-corrected chi connectivity index (χ0v) is 13.4. The maximum Gasteiger partial charge on any atom is 0.255 e. The van der Waals surface area contributed by atoms with Crippen molar-refractivity contribution in [3.05, 3.63) is 23.8 Å². The molecule has 0 atom stereocenters. The second kappa shape index (κ2) is 7.88. The van der Waals surface area contributed by atoms with Gasteiger partial charge in [-0.2, -0.15) is 0 Å². The van der Waals surface area contributed by atoms with E-state index in [1.807, 2.05) is 0 Å². The average Bonchev–Trinajstić information content (AvgIpc) is 2.55. The summed E-state index contributed by atoms with van der Waals surface area (Å²) in [7, 11) is 3.07. The molecule has 0 spiro atoms. The fourth-order valence-corrected chi connectivity index (χ4v) is 2.29. The van der Waals surface area contributed by atoms with E-state index >= 15 is 0 Å². The standard InChI is InChI=1S/C16H26N2O3/c1-5-16(6-2,10-17)11-18-15(19)12-8-7-9-13(20-3)14(12)21-4/h7-9H,5-6,10-11,17H2,1-4H3,(H,18,19). The van der Waals surface area contributed by atoms with Crippen LogP contribution >= 0.6 is 0 Å². The summed E-state index contributed by atoms with van der Waals surface area (Å²) in [6, 6.07) is 5.25. The van der Waals surface area contributed by atoms with Crippen LogP contribution in [0.5, 0.6) is 11.5 Å². The molecule has 0 saturated carbocycles. The molecule has 0 saturated heterocycles. The summed E-state index contributed by atoms with van der Waals surface area (Å²) >= 11 is 0. The lowest BCUT2D eigenvalue weighted by Gasteiger charge is -2.30. The van der Waals surface area contributed by atoms with Crippen molar-refractivity contribution >= 4 is 5.91 Å². The normalized spacial score (nSPS) is 11.1. The van der Waals surface area contributed by atoms with E-state index in [1.165, 1.54) is 7.11 Å². The van der Waals surface area contributed by atoms with E-state index in [4.69, 9.17) is 15.2 Å². The van der Waals surface area contributed by atoms with Gasteiger partial charge < -0.3 is 20.5 Å². The molecule has 5 nitrogen and oxygen atoms in total. The van der Waals surface area contributed by atoms with Gasteiger partial charge in [0.15, 0.2) is 11.5 Å². The number of benzene rings is 1. The van der Waals surface area contributed by atoms with Crippen molar-refractivity contribution in [2.45, 2.75) is 26.7 Å². The Morgan fingerprint density at radius 1 is 1.24 bits per heavy atom. The molecular weight excluding hydrogens is 268 g/mol. The largest absolute Gasteiger partial charge is 0.493 e. The first-order valence-electron chi connectivity index (χ1n) is 7.26. The highest BCUT2D eigenvalue weighted by molar-refractivity contribution is 5.97. The smallest absolute Gasteiger partial charge is 0.255 e. The predicted octanol–water partition coefficient (Wildman–Crippen LogP) is 2.20. The van der Waals surface area contributed by atoms with Crippen molar-refractivity contribution in [1.29, 1.82) is 0 Å². The van der Waals surface area contributed by atoms with Crippen molar-refractivity contribution in [2.75, 3.05) is 27.3 Å². The summed E-state index contributed by atoms with van der Waals surface area (Å²) in [6.45, 7) is 5.29. The molecule has 3 N–H and O–H groups in total. The van der Waals surface area contributed by atoms with Crippen LogP contribution in [0.2, 0.25) is 0 Å². The molecule has 0 aromatic heterocycles. The molecular formula is C16H26N2O3. The number of nitrogens with one attached hydrogen (secondary N) is 1. The summed E-state index contributed by atoms with van der Waals surface area (Å²) in [5.74, 6) is 0.815. The Hall–Kier alpha value is -1.75. The van der Waals surface area contributed by atoms with Gasteiger partial charge in [0, 0.05) is 6.54 Å². The maximum absolute atomic E-state index is 12.4. The minimum atomic E-state index is -0.175. The topological polar surface area (TPSA) is 73.6 Å². The molecule has 0 aliphatic heterocycles. The van der Waals surface area contributed by atoms with Crippen molar-refractivity contribution in [2.24, 2.45) is 11.1 Å². The van der Waals surface area contributed by atoms with Crippen LogP contribution in [0.25, 0.3) is 0 Å². The number of methoxy groups -OCH3 is 2. The SMILES string of the molecule is CCC(CC)(CN)CNC(=O)c1cccc(OC)c1OC. The number of ether oxygens (including phenoxy) is 2. The number of nitrogens with two attached hydrogens (primary N) is 1. The van der Waals surface area contributed by atoms with Crippen molar-refractivity contribution in [1.82, 2.24) is 5.32 Å². The van der Waals surface area contributed by atoms with Crippen LogP contribution in [0.15, 0.2) is 18.2 Å². The van der Waals surface area contributed by atoms with Crippen LogP contribution in [-0.4, -0.2) is 33.2 Å². The molecule has 1 aromatic carbocycles. The van der Waals surface area contributed by atoms with Gasteiger partial charge in [-0.15, -0.1) is 0 Å². The molecule has 1 amide bonds. The molecule has 1 aromatic rings. The van der Waals surface area contributed by atoms with E-state index in [0.29, 0.717) is 30.2 Å². The zero-order chi connectivity index (χ0) is 15.9. The van der Waals surface area contributed by atoms with Crippen molar-refractivity contribution in [3.8, 4) is 11.5 Å². The van der Waals surface area contributed by atoms with Crippen LogP contribution < -0.4 is 20.5 Å². The molecule has 0 bridgehead atoms. The Morgan fingerprint density at radius 2 is 1.90 bits per heavy atom. The number of hydrogen-bond acceptors (Lipinski definition) is 4. The molecule has 0 heterocycles. The molecule has 21 heavy (non-hydrogen) atoms. The van der Waals surface area contributed by atoms with Crippen LogP contribution in [-0.2, 0) is 0 Å². The Labute approximate surface area is 126 Å². The maximum atomic E-state index is 12.4. The average molecular weight is 294 g/mol. The zero-order valence-electron chi connectivity index (χ0n) is 13.4. The number of para-hydroxylation sites is 1. The third-order valence-electron chi connectivity index (χ3n) is 4.20. The molecule has 0 radical (unpaired) electrons. The monoisotopic (exact) mass is 294 g/mol. The first-order chi connectivity index (χ1) is 10.1. The molecule has 1 rings (SSSR count). The molecule has 0 aliphatic carbocycles. The Balaban J connectivity index is 2.90. The molecule has 0 unspecified atom stereocenters. The van der Waals surface area contributed by atoms with Gasteiger partial charge in [-0.3, -0.25) is 4.79 Å². The summed E-state index contributed by atoms with van der Waals surface area (Å²) in [5.41, 5.74) is 6.27. The minimum absolute atomic E-state index is 0.0538. The van der Waals surface area contributed by atoms with Gasteiger partial charge in [0.2, 0.25) is 0 Å². The van der Waals surface area contributed by atoms with Gasteiger partial charge in [-0.1, -0.05) is 19.9 Å². The first kappa shape index (κ1) is 17.3. The highest BCUT2D eigenvalue weighted by Crippen LogP contribution is 2.31. The van der Waals surface area contributed by atoms with Gasteiger partial charge in [0.25, 0.3) is 5.91 Å². The lowest BCUT2D eigenvalue weighted by molar-refractivity contribution is 0.0924. The number of carbonyl (C=O) groups is 1. The molecule has 118 valence electrons. The van der Waals surface area contributed by atoms with E-state index in [1.54, 1.807) is 25.3 Å². The lowest BCUT2D eigenvalue weighted by Crippen LogP contribution is -2.41. The molecule has 0 aliphatic rings. The second-order valence-corrected chi connectivity index (χ2v) is 5.13. The fraction of sp³-hybridized carbons (Fsp3) is 0.562. The highest BCUT2D eigenvalue weighted by atomic mass is 16.5. The Bertz CT molecular complexity index is 462. The first-order valence-corrected chi connectivity index (χ1v) is 7.26. The van der Waals surface area contributed by atoms with Crippen LogP contribution in [0, 0.1) is 5.41 Å². The number of rotatable bonds is 8. The second-order valence-electron chi connectivity index (χ2n) is 5.13. The minimum Gasteiger partial charge on any atom is -0.493 e. The van der Waals surface area contributed by atoms with Gasteiger partial charge in [0.05, 0.1) is 19.8 Å².